The average Bonchev–Trinajstić information content (AvgIpc) is 2.52. The van der Waals surface area contributed by atoms with Crippen LogP contribution in [0.25, 0.3) is 0 Å². The fourth-order valence-electron chi connectivity index (χ4n) is 2.38. The third-order valence-electron chi connectivity index (χ3n) is 3.52. The summed E-state index contributed by atoms with van der Waals surface area (Å²) >= 11 is 0. The van der Waals surface area contributed by atoms with Crippen LogP contribution in [0.2, 0.25) is 0 Å². The Morgan fingerprint density at radius 2 is 2.18 bits per heavy atom. The molecule has 1 saturated heterocycles. The van der Waals surface area contributed by atoms with Crippen LogP contribution < -0.4 is 0 Å². The van der Waals surface area contributed by atoms with Gasteiger partial charge in [-0.3, -0.25) is 4.79 Å². The fraction of sp³-hybridized carbons (Fsp3) is 0.353. The van der Waals surface area contributed by atoms with E-state index in [0.29, 0.717) is 18.7 Å². The first-order chi connectivity index (χ1) is 10.4. The number of hydrogen-bond acceptors (Lipinski definition) is 1. The van der Waals surface area contributed by atoms with Crippen molar-refractivity contribution in [2.45, 2.75) is 19.0 Å². The van der Waals surface area contributed by atoms with Crippen LogP contribution in [0.15, 0.2) is 36.9 Å². The number of alkyl halides is 3. The van der Waals surface area contributed by atoms with Crippen molar-refractivity contribution in [2.75, 3.05) is 13.1 Å². The van der Waals surface area contributed by atoms with Gasteiger partial charge in [-0.05, 0) is 37.1 Å². The van der Waals surface area contributed by atoms with Gasteiger partial charge in [0, 0.05) is 24.6 Å². The molecule has 0 bridgehead atoms. The Bertz CT molecular complexity index is 625. The van der Waals surface area contributed by atoms with Crippen LogP contribution >= 0.6 is 0 Å². The molecule has 5 heteroatoms. The Labute approximate surface area is 127 Å². The molecular formula is C17H16F3NO. The van der Waals surface area contributed by atoms with Crippen molar-refractivity contribution in [2.24, 2.45) is 5.92 Å². The summed E-state index contributed by atoms with van der Waals surface area (Å²) in [5, 5.41) is 0. The maximum Gasteiger partial charge on any atom is 0.416 e. The highest BCUT2D eigenvalue weighted by Crippen LogP contribution is 2.29. The molecule has 1 aliphatic heterocycles. The molecule has 2 rings (SSSR count). The lowest BCUT2D eigenvalue weighted by Crippen LogP contribution is -2.38. The molecule has 0 aliphatic carbocycles. The van der Waals surface area contributed by atoms with Gasteiger partial charge in [0.1, 0.15) is 0 Å². The lowest BCUT2D eigenvalue weighted by atomic mass is 9.98. The Morgan fingerprint density at radius 3 is 2.86 bits per heavy atom. The average molecular weight is 307 g/mol. The number of piperidine rings is 1. The molecule has 1 amide bonds. The molecule has 2 nitrogen and oxygen atoms in total. The number of benzene rings is 1. The number of carbonyl (C=O) groups is 1. The summed E-state index contributed by atoms with van der Waals surface area (Å²) < 4.78 is 37.9. The van der Waals surface area contributed by atoms with Crippen molar-refractivity contribution < 1.29 is 18.0 Å². The molecule has 0 aromatic heterocycles. The van der Waals surface area contributed by atoms with E-state index < -0.39 is 11.7 Å². The van der Waals surface area contributed by atoms with Crippen LogP contribution in [0.4, 0.5) is 13.2 Å². The third kappa shape index (κ3) is 4.14. The molecule has 0 radical (unpaired) electrons. The first-order valence-electron chi connectivity index (χ1n) is 7.00. The van der Waals surface area contributed by atoms with Gasteiger partial charge in [-0.1, -0.05) is 24.5 Å². The SMILES string of the molecule is C=CC(=O)N1CCCC(C#Cc2cccc(C(F)(F)F)c2)C1. The van der Waals surface area contributed by atoms with Crippen LogP contribution in [0, 0.1) is 17.8 Å². The van der Waals surface area contributed by atoms with Crippen LogP contribution in [-0.2, 0) is 11.0 Å². The molecule has 1 unspecified atom stereocenters. The lowest BCUT2D eigenvalue weighted by molar-refractivity contribution is -0.137. The Balaban J connectivity index is 2.10. The number of likely N-dealkylation sites (tertiary alicyclic amines) is 1. The summed E-state index contributed by atoms with van der Waals surface area (Å²) in [6.07, 6.45) is -1.42. The molecule has 116 valence electrons. The number of nitrogens with zero attached hydrogens (tertiary/aromatic N) is 1. The molecule has 0 spiro atoms. The van der Waals surface area contributed by atoms with E-state index in [2.05, 4.69) is 18.4 Å². The minimum atomic E-state index is -4.37. The van der Waals surface area contributed by atoms with E-state index in [-0.39, 0.29) is 11.8 Å². The molecule has 0 N–H and O–H groups in total. The highest BCUT2D eigenvalue weighted by molar-refractivity contribution is 5.87. The van der Waals surface area contributed by atoms with E-state index in [1.54, 1.807) is 11.0 Å². The van der Waals surface area contributed by atoms with Crippen molar-refractivity contribution in [1.82, 2.24) is 4.90 Å². The van der Waals surface area contributed by atoms with Gasteiger partial charge in [-0.2, -0.15) is 13.2 Å². The summed E-state index contributed by atoms with van der Waals surface area (Å²) in [7, 11) is 0. The number of halogens is 3. The molecule has 0 saturated carbocycles. The number of rotatable bonds is 1. The molecule has 1 heterocycles. The van der Waals surface area contributed by atoms with Gasteiger partial charge in [-0.25, -0.2) is 0 Å². The molecular weight excluding hydrogens is 291 g/mol. The van der Waals surface area contributed by atoms with Crippen LogP contribution in [0.5, 0.6) is 0 Å². The Hall–Kier alpha value is -2.22. The topological polar surface area (TPSA) is 20.3 Å². The fourth-order valence-corrected chi connectivity index (χ4v) is 2.38. The molecule has 1 aromatic rings. The minimum absolute atomic E-state index is 0.0211. The van der Waals surface area contributed by atoms with Crippen molar-refractivity contribution in [3.05, 3.63) is 48.0 Å². The second-order valence-electron chi connectivity index (χ2n) is 5.18. The zero-order chi connectivity index (χ0) is 16.2. The van der Waals surface area contributed by atoms with Crippen molar-refractivity contribution >= 4 is 5.91 Å². The van der Waals surface area contributed by atoms with Gasteiger partial charge < -0.3 is 4.90 Å². The van der Waals surface area contributed by atoms with E-state index in [1.807, 2.05) is 0 Å². The first kappa shape index (κ1) is 16.2. The Morgan fingerprint density at radius 1 is 1.41 bits per heavy atom. The Kier molecular flexibility index (Phi) is 4.92. The monoisotopic (exact) mass is 307 g/mol. The van der Waals surface area contributed by atoms with E-state index in [9.17, 15) is 18.0 Å². The summed E-state index contributed by atoms with van der Waals surface area (Å²) in [6.45, 7) is 4.62. The summed E-state index contributed by atoms with van der Waals surface area (Å²) in [6, 6.07) is 4.97. The van der Waals surface area contributed by atoms with Gasteiger partial charge in [-0.15, -0.1) is 0 Å². The second kappa shape index (κ2) is 6.69. The molecule has 1 atom stereocenters. The second-order valence-corrected chi connectivity index (χ2v) is 5.18. The van der Waals surface area contributed by atoms with Gasteiger partial charge in [0.05, 0.1) is 5.56 Å². The summed E-state index contributed by atoms with van der Waals surface area (Å²) in [5.41, 5.74) is -0.367. The number of carbonyl (C=O) groups excluding carboxylic acids is 1. The van der Waals surface area contributed by atoms with E-state index in [0.717, 1.165) is 25.0 Å². The van der Waals surface area contributed by atoms with Gasteiger partial charge in [0.2, 0.25) is 5.91 Å². The zero-order valence-corrected chi connectivity index (χ0v) is 12.0. The van der Waals surface area contributed by atoms with Crippen molar-refractivity contribution in [3.8, 4) is 11.8 Å². The molecule has 1 aromatic carbocycles. The standard InChI is InChI=1S/C17H16F3NO/c1-2-16(22)21-10-4-6-14(12-21)9-8-13-5-3-7-15(11-13)17(18,19)20/h2-3,5,7,11,14H,1,4,6,10,12H2. The van der Waals surface area contributed by atoms with E-state index in [4.69, 9.17) is 0 Å². The minimum Gasteiger partial charge on any atom is -0.338 e. The van der Waals surface area contributed by atoms with Crippen LogP contribution in [0.3, 0.4) is 0 Å². The predicted octanol–water partition coefficient (Wildman–Crippen LogP) is 3.48. The molecule has 1 fully saturated rings. The molecule has 22 heavy (non-hydrogen) atoms. The smallest absolute Gasteiger partial charge is 0.338 e. The first-order valence-corrected chi connectivity index (χ1v) is 7.00. The van der Waals surface area contributed by atoms with Gasteiger partial charge >= 0.3 is 6.18 Å². The van der Waals surface area contributed by atoms with Crippen molar-refractivity contribution in [1.29, 1.82) is 0 Å². The lowest BCUT2D eigenvalue weighted by Gasteiger charge is -2.29. The number of hydrogen-bond donors (Lipinski definition) is 0. The normalized spacial score (nSPS) is 18.3. The quantitative estimate of drug-likeness (QED) is 0.574. The maximum absolute atomic E-state index is 12.6. The summed E-state index contributed by atoms with van der Waals surface area (Å²) in [4.78, 5) is 13.2. The van der Waals surface area contributed by atoms with Gasteiger partial charge in [0.25, 0.3) is 0 Å². The zero-order valence-electron chi connectivity index (χ0n) is 12.0. The highest BCUT2D eigenvalue weighted by atomic mass is 19.4. The van der Waals surface area contributed by atoms with E-state index >= 15 is 0 Å². The third-order valence-corrected chi connectivity index (χ3v) is 3.52. The largest absolute Gasteiger partial charge is 0.416 e. The van der Waals surface area contributed by atoms with Gasteiger partial charge in [0.15, 0.2) is 0 Å². The predicted molar refractivity (Wildman–Crippen MR) is 77.8 cm³/mol. The maximum atomic E-state index is 12.6. The number of amides is 1. The van der Waals surface area contributed by atoms with E-state index in [1.165, 1.54) is 12.1 Å². The molecule has 1 aliphatic rings. The van der Waals surface area contributed by atoms with Crippen molar-refractivity contribution in [3.63, 3.8) is 0 Å². The highest BCUT2D eigenvalue weighted by Gasteiger charge is 2.30. The van der Waals surface area contributed by atoms with Crippen LogP contribution in [-0.4, -0.2) is 23.9 Å². The van der Waals surface area contributed by atoms with Crippen LogP contribution in [0.1, 0.15) is 24.0 Å². The summed E-state index contributed by atoms with van der Waals surface area (Å²) in [5.74, 6) is 5.62.